The van der Waals surface area contributed by atoms with Gasteiger partial charge in [-0.15, -0.1) is 0 Å². The molecule has 2 heterocycles. The van der Waals surface area contributed by atoms with Gasteiger partial charge in [0.25, 0.3) is 0 Å². The van der Waals surface area contributed by atoms with Crippen molar-refractivity contribution >= 4 is 57.2 Å². The average molecular weight is 536 g/mol. The third-order valence-corrected chi connectivity index (χ3v) is 6.50. The number of methoxy groups -OCH3 is 1. The van der Waals surface area contributed by atoms with Gasteiger partial charge < -0.3 is 19.7 Å². The number of benzene rings is 2. The highest BCUT2D eigenvalue weighted by molar-refractivity contribution is 6.42. The van der Waals surface area contributed by atoms with Gasteiger partial charge in [0, 0.05) is 32.0 Å². The number of rotatable bonds is 7. The van der Waals surface area contributed by atoms with Crippen molar-refractivity contribution in [1.29, 1.82) is 0 Å². The van der Waals surface area contributed by atoms with E-state index in [1.165, 1.54) is 37.7 Å². The molecule has 0 radical (unpaired) electrons. The number of fused-ring (bicyclic) bond motifs is 1. The number of amides is 1. The maximum Gasteiger partial charge on any atom is 0.327 e. The smallest absolute Gasteiger partial charge is 0.327 e. The summed E-state index contributed by atoms with van der Waals surface area (Å²) < 4.78 is 26.2. The van der Waals surface area contributed by atoms with Crippen LogP contribution in [0.15, 0.2) is 37.2 Å². The van der Waals surface area contributed by atoms with Crippen molar-refractivity contribution < 1.29 is 23.6 Å². The number of hydrogen-bond acceptors (Lipinski definition) is 8. The minimum atomic E-state index is -0.843. The van der Waals surface area contributed by atoms with Crippen LogP contribution in [0.1, 0.15) is 12.8 Å². The van der Waals surface area contributed by atoms with Crippen molar-refractivity contribution in [3.05, 3.63) is 63.2 Å². The number of aromatic nitrogens is 2. The van der Waals surface area contributed by atoms with Gasteiger partial charge in [-0.1, -0.05) is 29.8 Å². The van der Waals surface area contributed by atoms with Crippen molar-refractivity contribution in [1.82, 2.24) is 14.9 Å². The van der Waals surface area contributed by atoms with Crippen LogP contribution < -0.4 is 14.8 Å². The molecule has 36 heavy (non-hydrogen) atoms. The Morgan fingerprint density at radius 2 is 2.06 bits per heavy atom. The number of ether oxygens (including phenoxy) is 2. The van der Waals surface area contributed by atoms with Gasteiger partial charge >= 0.3 is 5.69 Å². The maximum absolute atomic E-state index is 14.7. The minimum Gasteiger partial charge on any atom is -0.493 e. The molecule has 0 saturated carbocycles. The van der Waals surface area contributed by atoms with E-state index in [1.807, 2.05) is 0 Å². The molecular weight excluding hydrogens is 516 g/mol. The number of anilines is 2. The summed E-state index contributed by atoms with van der Waals surface area (Å²) in [6.45, 7) is 4.31. The lowest BCUT2D eigenvalue weighted by Crippen LogP contribution is -2.41. The molecule has 1 saturated heterocycles. The second-order valence-corrected chi connectivity index (χ2v) is 8.61. The molecule has 0 atom stereocenters. The van der Waals surface area contributed by atoms with E-state index in [0.29, 0.717) is 25.9 Å². The second kappa shape index (κ2) is 10.5. The number of piperidine rings is 1. The lowest BCUT2D eigenvalue weighted by molar-refractivity contribution is -0.384. The van der Waals surface area contributed by atoms with Crippen LogP contribution in [0.25, 0.3) is 10.9 Å². The Balaban J connectivity index is 1.78. The van der Waals surface area contributed by atoms with E-state index in [1.54, 1.807) is 4.90 Å². The average Bonchev–Trinajstić information content (AvgIpc) is 2.88. The number of likely N-dealkylation sites (tertiary alicyclic amines) is 1. The Morgan fingerprint density at radius 3 is 2.69 bits per heavy atom. The first kappa shape index (κ1) is 25.4. The molecule has 188 valence electrons. The molecule has 0 aliphatic carbocycles. The fourth-order valence-corrected chi connectivity index (χ4v) is 4.25. The van der Waals surface area contributed by atoms with Gasteiger partial charge in [-0.05, 0) is 18.2 Å². The second-order valence-electron chi connectivity index (χ2n) is 7.82. The van der Waals surface area contributed by atoms with Gasteiger partial charge in [-0.25, -0.2) is 14.4 Å². The molecule has 13 heteroatoms. The summed E-state index contributed by atoms with van der Waals surface area (Å²) in [6.07, 6.45) is 2.89. The third-order valence-electron chi connectivity index (χ3n) is 5.72. The number of halogens is 3. The number of nitro groups is 1. The van der Waals surface area contributed by atoms with Gasteiger partial charge in [0.05, 0.1) is 33.3 Å². The molecule has 0 bridgehead atoms. The van der Waals surface area contributed by atoms with Gasteiger partial charge in [0.1, 0.15) is 23.6 Å². The van der Waals surface area contributed by atoms with Crippen LogP contribution in [-0.2, 0) is 4.79 Å². The summed E-state index contributed by atoms with van der Waals surface area (Å²) in [6, 6.07) is 4.20. The van der Waals surface area contributed by atoms with E-state index < -0.39 is 22.5 Å². The van der Waals surface area contributed by atoms with Crippen LogP contribution in [0.5, 0.6) is 11.5 Å². The van der Waals surface area contributed by atoms with E-state index in [0.717, 1.165) is 0 Å². The Kier molecular flexibility index (Phi) is 7.41. The predicted molar refractivity (Wildman–Crippen MR) is 133 cm³/mol. The normalized spacial score (nSPS) is 13.9. The zero-order valence-electron chi connectivity index (χ0n) is 19.0. The van der Waals surface area contributed by atoms with Gasteiger partial charge in [0.15, 0.2) is 11.6 Å². The van der Waals surface area contributed by atoms with E-state index in [2.05, 4.69) is 21.9 Å². The summed E-state index contributed by atoms with van der Waals surface area (Å²) in [4.78, 5) is 33.4. The Bertz CT molecular complexity index is 1360. The van der Waals surface area contributed by atoms with Crippen LogP contribution in [0.3, 0.4) is 0 Å². The molecular formula is C23H20Cl2FN5O5. The number of carbonyl (C=O) groups excluding carboxylic acids is 1. The van der Waals surface area contributed by atoms with Crippen LogP contribution in [-0.4, -0.2) is 52.0 Å². The molecule has 1 aliphatic rings. The molecule has 0 unspecified atom stereocenters. The van der Waals surface area contributed by atoms with E-state index in [-0.39, 0.29) is 49.9 Å². The van der Waals surface area contributed by atoms with Crippen LogP contribution in [0, 0.1) is 15.9 Å². The number of nitro benzene ring substituents is 1. The SMILES string of the molecule is C=CC(=O)N1CCC(Oc2c(OC)cc3ncnc(Nc4ccc(Cl)c(Cl)c4F)c3c2[N+](=O)[O-])CC1. The van der Waals surface area contributed by atoms with E-state index in [4.69, 9.17) is 32.7 Å². The fourth-order valence-electron chi connectivity index (χ4n) is 3.94. The Hall–Kier alpha value is -3.70. The first-order valence-corrected chi connectivity index (χ1v) is 11.5. The summed E-state index contributed by atoms with van der Waals surface area (Å²) in [5.41, 5.74) is -0.357. The standard InChI is InChI=1S/C23H20Cl2FN5O5/c1-3-17(32)30-8-6-12(7-9-30)36-22-16(35-2)10-15-18(21(22)31(33)34)23(28-11-27-15)29-14-5-4-13(24)19(25)20(14)26/h3-5,10-12H,1,6-9H2,2H3,(H,27,28,29). The van der Waals surface area contributed by atoms with Crippen molar-refractivity contribution in [2.45, 2.75) is 18.9 Å². The highest BCUT2D eigenvalue weighted by Crippen LogP contribution is 2.46. The molecule has 1 amide bonds. The van der Waals surface area contributed by atoms with E-state index >= 15 is 0 Å². The molecule has 10 nitrogen and oxygen atoms in total. The largest absolute Gasteiger partial charge is 0.493 e. The van der Waals surface area contributed by atoms with Crippen LogP contribution in [0.2, 0.25) is 10.0 Å². The highest BCUT2D eigenvalue weighted by atomic mass is 35.5. The fraction of sp³-hybridized carbons (Fsp3) is 0.261. The zero-order chi connectivity index (χ0) is 26.0. The number of nitrogens with one attached hydrogen (secondary N) is 1. The van der Waals surface area contributed by atoms with Gasteiger partial charge in [-0.3, -0.25) is 14.9 Å². The predicted octanol–water partition coefficient (Wildman–Crippen LogP) is 5.29. The minimum absolute atomic E-state index is 0.0111. The van der Waals surface area contributed by atoms with Crippen molar-refractivity contribution in [2.24, 2.45) is 0 Å². The quantitative estimate of drug-likeness (QED) is 0.187. The molecule has 4 rings (SSSR count). The maximum atomic E-state index is 14.7. The number of nitrogens with zero attached hydrogens (tertiary/aromatic N) is 4. The highest BCUT2D eigenvalue weighted by Gasteiger charge is 2.32. The molecule has 1 N–H and O–H groups in total. The van der Waals surface area contributed by atoms with Crippen molar-refractivity contribution in [3.8, 4) is 11.5 Å². The summed E-state index contributed by atoms with van der Waals surface area (Å²) in [5.74, 6) is -1.09. The Morgan fingerprint density at radius 1 is 1.33 bits per heavy atom. The van der Waals surface area contributed by atoms with Crippen molar-refractivity contribution in [3.63, 3.8) is 0 Å². The van der Waals surface area contributed by atoms with Crippen LogP contribution in [0.4, 0.5) is 21.6 Å². The van der Waals surface area contributed by atoms with Crippen LogP contribution >= 0.6 is 23.2 Å². The first-order chi connectivity index (χ1) is 17.2. The summed E-state index contributed by atoms with van der Waals surface area (Å²) in [5, 5.41) is 14.8. The monoisotopic (exact) mass is 535 g/mol. The van der Waals surface area contributed by atoms with Gasteiger partial charge in [0.2, 0.25) is 11.7 Å². The molecule has 3 aromatic rings. The zero-order valence-corrected chi connectivity index (χ0v) is 20.5. The third kappa shape index (κ3) is 4.84. The molecule has 1 fully saturated rings. The van der Waals surface area contributed by atoms with Gasteiger partial charge in [-0.2, -0.15) is 0 Å². The molecule has 1 aromatic heterocycles. The summed E-state index contributed by atoms with van der Waals surface area (Å²) in [7, 11) is 1.36. The van der Waals surface area contributed by atoms with Crippen molar-refractivity contribution in [2.75, 3.05) is 25.5 Å². The topological polar surface area (TPSA) is 120 Å². The first-order valence-electron chi connectivity index (χ1n) is 10.7. The lowest BCUT2D eigenvalue weighted by atomic mass is 10.1. The van der Waals surface area contributed by atoms with E-state index in [9.17, 15) is 19.3 Å². The molecule has 1 aliphatic heterocycles. The number of carbonyl (C=O) groups is 1. The molecule has 2 aromatic carbocycles. The lowest BCUT2D eigenvalue weighted by Gasteiger charge is -2.31. The molecule has 0 spiro atoms. The summed E-state index contributed by atoms with van der Waals surface area (Å²) >= 11 is 11.8. The Labute approximate surface area is 214 Å². The number of hydrogen-bond donors (Lipinski definition) is 1.